The van der Waals surface area contributed by atoms with Gasteiger partial charge in [-0.15, -0.1) is 0 Å². The number of carbonyl (C=O) groups is 1. The first-order valence-corrected chi connectivity index (χ1v) is 13.0. The Morgan fingerprint density at radius 2 is 0.925 bits per heavy atom. The standard InChI is InChI=1S/C19H20O4.C7H6O.C5H12O4/c1-3-7-15(8-4-1)17-20-11-19(12-21-17)13-22-18(23-14-19)16-9-5-2-6-10-16;8-6-7-4-2-1-3-5-7;6-1-5(2-7,3-8)4-9/h1-10,17-18H,11-14H2;1-6H;6-9H,1-4H2. The zero-order chi connectivity index (χ0) is 28.7. The van der Waals surface area contributed by atoms with Gasteiger partial charge in [-0.05, 0) is 0 Å². The SMILES string of the molecule is O=Cc1ccccc1.OCC(CO)(CO)CO.c1ccc(C2OCC3(CO2)COC(c2ccccc2)OC3)cc1. The van der Waals surface area contributed by atoms with E-state index in [9.17, 15) is 4.79 Å². The lowest BCUT2D eigenvalue weighted by Crippen LogP contribution is -2.49. The minimum Gasteiger partial charge on any atom is -0.396 e. The smallest absolute Gasteiger partial charge is 0.183 e. The van der Waals surface area contributed by atoms with E-state index in [1.807, 2.05) is 78.9 Å². The van der Waals surface area contributed by atoms with E-state index in [2.05, 4.69) is 0 Å². The monoisotopic (exact) mass is 554 g/mol. The summed E-state index contributed by atoms with van der Waals surface area (Å²) in [6.45, 7) is 0.685. The Bertz CT molecular complexity index is 997. The summed E-state index contributed by atoms with van der Waals surface area (Å²) in [6, 6.07) is 29.1. The summed E-state index contributed by atoms with van der Waals surface area (Å²) < 4.78 is 23.7. The van der Waals surface area contributed by atoms with Gasteiger partial charge in [-0.2, -0.15) is 0 Å². The van der Waals surface area contributed by atoms with Crippen LogP contribution in [0.1, 0.15) is 34.1 Å². The van der Waals surface area contributed by atoms with Gasteiger partial charge >= 0.3 is 0 Å². The highest BCUT2D eigenvalue weighted by atomic mass is 16.7. The van der Waals surface area contributed by atoms with Crippen LogP contribution in [0, 0.1) is 10.8 Å². The Morgan fingerprint density at radius 1 is 0.600 bits per heavy atom. The molecule has 1 spiro atoms. The Hall–Kier alpha value is -2.99. The molecule has 3 aromatic carbocycles. The number of aliphatic hydroxyl groups excluding tert-OH is 4. The summed E-state index contributed by atoms with van der Waals surface area (Å²) in [4.78, 5) is 10.0. The van der Waals surface area contributed by atoms with E-state index in [0.717, 1.165) is 23.0 Å². The van der Waals surface area contributed by atoms with Gasteiger partial charge in [-0.1, -0.05) is 91.0 Å². The van der Waals surface area contributed by atoms with Crippen LogP contribution in [0.5, 0.6) is 0 Å². The Kier molecular flexibility index (Phi) is 12.9. The zero-order valence-corrected chi connectivity index (χ0v) is 22.4. The Labute approximate surface area is 234 Å². The van der Waals surface area contributed by atoms with E-state index in [4.69, 9.17) is 39.4 Å². The average molecular weight is 555 g/mol. The molecule has 9 heteroatoms. The van der Waals surface area contributed by atoms with Gasteiger partial charge in [-0.3, -0.25) is 4.79 Å². The Morgan fingerprint density at radius 3 is 1.18 bits per heavy atom. The zero-order valence-electron chi connectivity index (χ0n) is 22.4. The maximum atomic E-state index is 10.0. The number of rotatable bonds is 7. The summed E-state index contributed by atoms with van der Waals surface area (Å²) in [6.07, 6.45) is 0.238. The summed E-state index contributed by atoms with van der Waals surface area (Å²) >= 11 is 0. The van der Waals surface area contributed by atoms with Gasteiger partial charge in [0.2, 0.25) is 0 Å². The van der Waals surface area contributed by atoms with E-state index in [1.54, 1.807) is 12.1 Å². The van der Waals surface area contributed by atoms with Crippen LogP contribution in [0.4, 0.5) is 0 Å². The third-order valence-corrected chi connectivity index (χ3v) is 6.58. The third-order valence-electron chi connectivity index (χ3n) is 6.58. The van der Waals surface area contributed by atoms with Crippen LogP contribution >= 0.6 is 0 Å². The molecule has 2 heterocycles. The number of aldehydes is 1. The van der Waals surface area contributed by atoms with Crippen LogP contribution in [-0.4, -0.2) is 79.6 Å². The molecular weight excluding hydrogens is 516 g/mol. The Balaban J connectivity index is 0.000000214. The van der Waals surface area contributed by atoms with Crippen molar-refractivity contribution >= 4 is 6.29 Å². The minimum absolute atomic E-state index is 0.212. The molecule has 2 aliphatic rings. The molecule has 0 unspecified atom stereocenters. The molecule has 0 atom stereocenters. The molecule has 5 rings (SSSR count). The van der Waals surface area contributed by atoms with E-state index >= 15 is 0 Å². The molecule has 2 saturated heterocycles. The van der Waals surface area contributed by atoms with Crippen LogP contribution in [0.3, 0.4) is 0 Å². The van der Waals surface area contributed by atoms with Gasteiger partial charge < -0.3 is 39.4 Å². The molecular formula is C31H38O9. The molecule has 0 aliphatic carbocycles. The lowest BCUT2D eigenvalue weighted by molar-refractivity contribution is -0.307. The van der Waals surface area contributed by atoms with Crippen LogP contribution in [0.25, 0.3) is 0 Å². The highest BCUT2D eigenvalue weighted by Gasteiger charge is 2.42. The van der Waals surface area contributed by atoms with E-state index < -0.39 is 31.8 Å². The van der Waals surface area contributed by atoms with Crippen molar-refractivity contribution in [2.45, 2.75) is 12.6 Å². The van der Waals surface area contributed by atoms with E-state index in [1.165, 1.54) is 0 Å². The van der Waals surface area contributed by atoms with Crippen LogP contribution in [0.15, 0.2) is 91.0 Å². The van der Waals surface area contributed by atoms with Crippen molar-refractivity contribution in [2.75, 3.05) is 52.9 Å². The summed E-state index contributed by atoms with van der Waals surface area (Å²) in [5.41, 5.74) is 1.49. The molecule has 2 aliphatic heterocycles. The molecule has 2 fully saturated rings. The number of hydrogen-bond donors (Lipinski definition) is 4. The van der Waals surface area contributed by atoms with Crippen LogP contribution < -0.4 is 0 Å². The van der Waals surface area contributed by atoms with Gasteiger partial charge in [0, 0.05) is 16.7 Å². The van der Waals surface area contributed by atoms with Gasteiger partial charge in [-0.25, -0.2) is 0 Å². The quantitative estimate of drug-likeness (QED) is 0.325. The van der Waals surface area contributed by atoms with Crippen molar-refractivity contribution in [1.82, 2.24) is 0 Å². The fraction of sp³-hybridized carbons (Fsp3) is 0.387. The maximum Gasteiger partial charge on any atom is 0.183 e. The molecule has 0 aromatic heterocycles. The van der Waals surface area contributed by atoms with E-state index in [-0.39, 0.29) is 18.0 Å². The highest BCUT2D eigenvalue weighted by molar-refractivity contribution is 5.74. The number of aliphatic hydroxyl groups is 4. The highest BCUT2D eigenvalue weighted by Crippen LogP contribution is 2.37. The lowest BCUT2D eigenvalue weighted by atomic mass is 9.90. The maximum absolute atomic E-state index is 10.0. The second kappa shape index (κ2) is 16.3. The number of benzene rings is 3. The molecule has 4 N–H and O–H groups in total. The summed E-state index contributed by atoms with van der Waals surface area (Å²) in [7, 11) is 0. The molecule has 0 saturated carbocycles. The number of carbonyl (C=O) groups excluding carboxylic acids is 1. The molecule has 40 heavy (non-hydrogen) atoms. The van der Waals surface area contributed by atoms with Gasteiger partial charge in [0.25, 0.3) is 0 Å². The first-order valence-electron chi connectivity index (χ1n) is 13.0. The number of ether oxygens (including phenoxy) is 4. The topological polar surface area (TPSA) is 135 Å². The fourth-order valence-corrected chi connectivity index (χ4v) is 3.79. The van der Waals surface area contributed by atoms with Gasteiger partial charge in [0.1, 0.15) is 6.29 Å². The van der Waals surface area contributed by atoms with Crippen LogP contribution in [0.2, 0.25) is 0 Å². The lowest BCUT2D eigenvalue weighted by Gasteiger charge is -2.43. The second-order valence-corrected chi connectivity index (χ2v) is 9.89. The summed E-state index contributed by atoms with van der Waals surface area (Å²) in [5, 5.41) is 34.0. The predicted octanol–water partition coefficient (Wildman–Crippen LogP) is 2.91. The van der Waals surface area contributed by atoms with Crippen molar-refractivity contribution in [3.63, 3.8) is 0 Å². The number of hydrogen-bond acceptors (Lipinski definition) is 9. The fourth-order valence-electron chi connectivity index (χ4n) is 3.79. The minimum atomic E-state index is -1.11. The molecule has 0 amide bonds. The molecule has 3 aromatic rings. The van der Waals surface area contributed by atoms with Crippen LogP contribution in [-0.2, 0) is 18.9 Å². The van der Waals surface area contributed by atoms with Crippen molar-refractivity contribution < 1.29 is 44.2 Å². The van der Waals surface area contributed by atoms with Gasteiger partial charge in [0.15, 0.2) is 12.6 Å². The average Bonchev–Trinajstić information content (AvgIpc) is 3.05. The van der Waals surface area contributed by atoms with Crippen molar-refractivity contribution in [3.05, 3.63) is 108 Å². The normalized spacial score (nSPS) is 22.3. The van der Waals surface area contributed by atoms with Crippen molar-refractivity contribution in [2.24, 2.45) is 10.8 Å². The molecule has 9 nitrogen and oxygen atoms in total. The van der Waals surface area contributed by atoms with Crippen molar-refractivity contribution in [1.29, 1.82) is 0 Å². The first-order chi connectivity index (χ1) is 19.5. The molecule has 0 radical (unpaired) electrons. The van der Waals surface area contributed by atoms with Gasteiger partial charge in [0.05, 0.1) is 63.7 Å². The molecule has 0 bridgehead atoms. The largest absolute Gasteiger partial charge is 0.396 e. The second-order valence-electron chi connectivity index (χ2n) is 9.89. The predicted molar refractivity (Wildman–Crippen MR) is 147 cm³/mol. The van der Waals surface area contributed by atoms with E-state index in [0.29, 0.717) is 26.4 Å². The first kappa shape index (κ1) is 31.5. The summed E-state index contributed by atoms with van der Waals surface area (Å²) in [5.74, 6) is 0. The van der Waals surface area contributed by atoms with Crippen molar-refractivity contribution in [3.8, 4) is 0 Å². The third kappa shape index (κ3) is 9.02. The molecule has 216 valence electrons.